The number of nitrogens with one attached hydrogen (secondary N) is 1. The summed E-state index contributed by atoms with van der Waals surface area (Å²) in [6.45, 7) is 7.22. The van der Waals surface area contributed by atoms with Crippen LogP contribution in [0.1, 0.15) is 33.6 Å². The number of nitrogens with zero attached hydrogens (tertiary/aromatic N) is 4. The van der Waals surface area contributed by atoms with Gasteiger partial charge in [-0.15, -0.1) is 0 Å². The Labute approximate surface area is 91.1 Å². The summed E-state index contributed by atoms with van der Waals surface area (Å²) in [5.41, 5.74) is 7.60. The van der Waals surface area contributed by atoms with E-state index >= 15 is 0 Å². The fourth-order valence-corrected chi connectivity index (χ4v) is 1.27. The van der Waals surface area contributed by atoms with Gasteiger partial charge in [-0.05, 0) is 31.3 Å². The third-order valence-electron chi connectivity index (χ3n) is 2.82. The predicted octanol–water partition coefficient (Wildman–Crippen LogP) is 2.60. The zero-order chi connectivity index (χ0) is 11.7. The monoisotopic (exact) mass is 209 g/mol. The molecule has 0 aliphatic rings. The van der Waals surface area contributed by atoms with Gasteiger partial charge in [0.15, 0.2) is 0 Å². The lowest BCUT2D eigenvalue weighted by atomic mass is 9.86. The van der Waals surface area contributed by atoms with Gasteiger partial charge >= 0.3 is 0 Å². The van der Waals surface area contributed by atoms with Crippen LogP contribution in [0.4, 0.5) is 0 Å². The minimum Gasteiger partial charge on any atom is -0.299 e. The predicted molar refractivity (Wildman–Crippen MR) is 60.1 cm³/mol. The number of azide groups is 1. The zero-order valence-corrected chi connectivity index (χ0v) is 9.69. The van der Waals surface area contributed by atoms with Gasteiger partial charge in [0.05, 0.1) is 6.07 Å². The molecule has 0 heterocycles. The maximum Gasteiger partial charge on any atom is 0.106 e. The third-order valence-corrected chi connectivity index (χ3v) is 2.82. The third kappa shape index (κ3) is 4.68. The lowest BCUT2D eigenvalue weighted by Gasteiger charge is -2.29. The van der Waals surface area contributed by atoms with Crippen molar-refractivity contribution in [2.45, 2.75) is 39.2 Å². The lowest BCUT2D eigenvalue weighted by Crippen LogP contribution is -2.46. The summed E-state index contributed by atoms with van der Waals surface area (Å²) in [4.78, 5) is 2.67. The van der Waals surface area contributed by atoms with Crippen LogP contribution in [0, 0.1) is 17.2 Å². The van der Waals surface area contributed by atoms with Crippen LogP contribution in [0.2, 0.25) is 0 Å². The summed E-state index contributed by atoms with van der Waals surface area (Å²) >= 11 is 0. The smallest absolute Gasteiger partial charge is 0.106 e. The van der Waals surface area contributed by atoms with Gasteiger partial charge in [-0.25, -0.2) is 0 Å². The van der Waals surface area contributed by atoms with Gasteiger partial charge < -0.3 is 0 Å². The molecule has 0 bridgehead atoms. The first kappa shape index (κ1) is 13.8. The first-order valence-corrected chi connectivity index (χ1v) is 5.27. The molecule has 0 saturated carbocycles. The van der Waals surface area contributed by atoms with Crippen LogP contribution in [0.3, 0.4) is 0 Å². The van der Waals surface area contributed by atoms with E-state index in [1.807, 2.05) is 6.92 Å². The molecule has 0 aromatic heterocycles. The SMILES string of the molecule is CCC(C)C(C)(C#N)NCCCN=[N+]=[N-]. The molecule has 5 heteroatoms. The van der Waals surface area contributed by atoms with Crippen LogP contribution in [-0.4, -0.2) is 18.6 Å². The standard InChI is InChI=1S/C10H19N5/c1-4-9(2)10(3,8-11)13-6-5-7-14-15-12/h9,13H,4-7H2,1-3H3. The van der Waals surface area contributed by atoms with E-state index in [1.165, 1.54) is 0 Å². The Morgan fingerprint density at radius 1 is 1.67 bits per heavy atom. The summed E-state index contributed by atoms with van der Waals surface area (Å²) in [7, 11) is 0. The van der Waals surface area contributed by atoms with Crippen molar-refractivity contribution in [1.29, 1.82) is 5.26 Å². The van der Waals surface area contributed by atoms with E-state index < -0.39 is 5.54 Å². The molecule has 0 fully saturated rings. The van der Waals surface area contributed by atoms with Crippen molar-refractivity contribution in [1.82, 2.24) is 5.32 Å². The van der Waals surface area contributed by atoms with Crippen LogP contribution < -0.4 is 5.32 Å². The van der Waals surface area contributed by atoms with Crippen LogP contribution in [0.15, 0.2) is 5.11 Å². The molecule has 0 amide bonds. The minimum atomic E-state index is -0.481. The van der Waals surface area contributed by atoms with E-state index in [0.717, 1.165) is 12.8 Å². The number of hydrogen-bond acceptors (Lipinski definition) is 3. The Morgan fingerprint density at radius 3 is 2.80 bits per heavy atom. The molecule has 0 saturated heterocycles. The molecule has 0 rings (SSSR count). The molecule has 0 spiro atoms. The lowest BCUT2D eigenvalue weighted by molar-refractivity contribution is 0.309. The van der Waals surface area contributed by atoms with E-state index in [9.17, 15) is 0 Å². The van der Waals surface area contributed by atoms with E-state index in [0.29, 0.717) is 19.0 Å². The van der Waals surface area contributed by atoms with Gasteiger partial charge in [0, 0.05) is 11.5 Å². The summed E-state index contributed by atoms with van der Waals surface area (Å²) in [5, 5.41) is 15.7. The molecule has 0 radical (unpaired) electrons. The molecular formula is C10H19N5. The van der Waals surface area contributed by atoms with Crippen LogP contribution in [0.25, 0.3) is 10.4 Å². The summed E-state index contributed by atoms with van der Waals surface area (Å²) in [5.74, 6) is 0.307. The second-order valence-corrected chi connectivity index (χ2v) is 3.86. The molecule has 15 heavy (non-hydrogen) atoms. The highest BCUT2D eigenvalue weighted by Gasteiger charge is 2.28. The molecule has 1 N–H and O–H groups in total. The molecular weight excluding hydrogens is 190 g/mol. The maximum absolute atomic E-state index is 9.10. The second kappa shape index (κ2) is 7.10. The van der Waals surface area contributed by atoms with Crippen LogP contribution in [-0.2, 0) is 0 Å². The van der Waals surface area contributed by atoms with Gasteiger partial charge in [0.2, 0.25) is 0 Å². The van der Waals surface area contributed by atoms with Gasteiger partial charge in [0.25, 0.3) is 0 Å². The molecule has 0 aromatic carbocycles. The van der Waals surface area contributed by atoms with Gasteiger partial charge in [-0.1, -0.05) is 25.4 Å². The molecule has 0 aliphatic carbocycles. The maximum atomic E-state index is 9.10. The minimum absolute atomic E-state index is 0.307. The van der Waals surface area contributed by atoms with Crippen molar-refractivity contribution < 1.29 is 0 Å². The number of nitriles is 1. The Morgan fingerprint density at radius 2 is 2.33 bits per heavy atom. The highest BCUT2D eigenvalue weighted by Crippen LogP contribution is 2.18. The first-order chi connectivity index (χ1) is 7.10. The summed E-state index contributed by atoms with van der Waals surface area (Å²) < 4.78 is 0. The Kier molecular flexibility index (Phi) is 6.52. The molecule has 2 atom stereocenters. The average Bonchev–Trinajstić information content (AvgIpc) is 2.27. The molecule has 84 valence electrons. The van der Waals surface area contributed by atoms with E-state index in [4.69, 9.17) is 10.8 Å². The molecule has 0 aliphatic heterocycles. The molecule has 5 nitrogen and oxygen atoms in total. The van der Waals surface area contributed by atoms with Crippen LogP contribution in [0.5, 0.6) is 0 Å². The normalized spacial score (nSPS) is 15.9. The van der Waals surface area contributed by atoms with Crippen molar-refractivity contribution in [2.24, 2.45) is 11.0 Å². The highest BCUT2D eigenvalue weighted by molar-refractivity contribution is 5.06. The fraction of sp³-hybridized carbons (Fsp3) is 0.900. The Hall–Kier alpha value is -1.24. The van der Waals surface area contributed by atoms with Crippen molar-refractivity contribution >= 4 is 0 Å². The molecule has 0 aromatic rings. The zero-order valence-electron chi connectivity index (χ0n) is 9.69. The van der Waals surface area contributed by atoms with Crippen molar-refractivity contribution in [3.63, 3.8) is 0 Å². The summed E-state index contributed by atoms with van der Waals surface area (Å²) in [6.07, 6.45) is 1.73. The number of hydrogen-bond donors (Lipinski definition) is 1. The van der Waals surface area contributed by atoms with E-state index in [-0.39, 0.29) is 0 Å². The first-order valence-electron chi connectivity index (χ1n) is 5.27. The van der Waals surface area contributed by atoms with E-state index in [2.05, 4.69) is 35.3 Å². The highest BCUT2D eigenvalue weighted by atomic mass is 15.1. The van der Waals surface area contributed by atoms with Gasteiger partial charge in [-0.3, -0.25) is 5.32 Å². The molecule has 2 unspecified atom stereocenters. The van der Waals surface area contributed by atoms with Crippen molar-refractivity contribution in [3.05, 3.63) is 10.4 Å². The van der Waals surface area contributed by atoms with Crippen molar-refractivity contribution in [3.8, 4) is 6.07 Å². The largest absolute Gasteiger partial charge is 0.299 e. The fourth-order valence-electron chi connectivity index (χ4n) is 1.27. The summed E-state index contributed by atoms with van der Waals surface area (Å²) in [6, 6.07) is 2.31. The second-order valence-electron chi connectivity index (χ2n) is 3.86. The van der Waals surface area contributed by atoms with Gasteiger partial charge in [0.1, 0.15) is 5.54 Å². The Bertz CT molecular complexity index is 263. The van der Waals surface area contributed by atoms with Crippen molar-refractivity contribution in [2.75, 3.05) is 13.1 Å². The topological polar surface area (TPSA) is 84.6 Å². The van der Waals surface area contributed by atoms with Crippen LogP contribution >= 0.6 is 0 Å². The van der Waals surface area contributed by atoms with Gasteiger partial charge in [-0.2, -0.15) is 5.26 Å². The quantitative estimate of drug-likeness (QED) is 0.302. The van der Waals surface area contributed by atoms with E-state index in [1.54, 1.807) is 0 Å². The Balaban J connectivity index is 4.00. The number of rotatable bonds is 7. The average molecular weight is 209 g/mol.